The number of alkyl halides is 3. The van der Waals surface area contributed by atoms with E-state index in [1.165, 1.54) is 36.4 Å². The summed E-state index contributed by atoms with van der Waals surface area (Å²) in [6.45, 7) is 0.547. The van der Waals surface area contributed by atoms with Crippen molar-refractivity contribution in [3.8, 4) is 5.75 Å². The molecule has 2 aromatic rings. The topological polar surface area (TPSA) is 50.4 Å². The Labute approximate surface area is 148 Å². The van der Waals surface area contributed by atoms with Gasteiger partial charge in [-0.25, -0.2) is 4.39 Å². The Morgan fingerprint density at radius 2 is 1.69 bits per heavy atom. The van der Waals surface area contributed by atoms with E-state index >= 15 is 0 Å². The van der Waals surface area contributed by atoms with Gasteiger partial charge in [0.05, 0.1) is 0 Å². The third-order valence-electron chi connectivity index (χ3n) is 3.41. The smallest absolute Gasteiger partial charge is 0.422 e. The lowest BCUT2D eigenvalue weighted by molar-refractivity contribution is -0.153. The maximum absolute atomic E-state index is 12.8. The van der Waals surface area contributed by atoms with Gasteiger partial charge in [-0.15, -0.1) is 0 Å². The first-order valence-electron chi connectivity index (χ1n) is 7.81. The fraction of sp³-hybridized carbons (Fsp3) is 0.278. The van der Waals surface area contributed by atoms with Gasteiger partial charge >= 0.3 is 6.18 Å². The number of hydrogen-bond acceptors (Lipinski definition) is 3. The molecule has 1 amide bonds. The Morgan fingerprint density at radius 3 is 2.27 bits per heavy atom. The first-order valence-corrected chi connectivity index (χ1v) is 7.81. The van der Waals surface area contributed by atoms with E-state index in [-0.39, 0.29) is 24.0 Å². The van der Waals surface area contributed by atoms with Crippen LogP contribution in [0.5, 0.6) is 5.75 Å². The largest absolute Gasteiger partial charge is 0.484 e. The summed E-state index contributed by atoms with van der Waals surface area (Å²) < 4.78 is 53.7. The van der Waals surface area contributed by atoms with Gasteiger partial charge in [0.1, 0.15) is 17.6 Å². The lowest BCUT2D eigenvalue weighted by atomic mass is 10.2. The van der Waals surface area contributed by atoms with Gasteiger partial charge in [-0.1, -0.05) is 12.1 Å². The highest BCUT2D eigenvalue weighted by molar-refractivity contribution is 5.84. The molecule has 2 aromatic carbocycles. The number of anilines is 1. The number of ether oxygens (including phenoxy) is 1. The first-order chi connectivity index (χ1) is 12.2. The van der Waals surface area contributed by atoms with E-state index < -0.39 is 18.8 Å². The highest BCUT2D eigenvalue weighted by Gasteiger charge is 2.28. The zero-order valence-electron chi connectivity index (χ0n) is 13.9. The van der Waals surface area contributed by atoms with Crippen molar-refractivity contribution >= 4 is 11.6 Å². The number of hydrogen-bond donors (Lipinski definition) is 2. The summed E-state index contributed by atoms with van der Waals surface area (Å²) in [6.07, 6.45) is -4.39. The summed E-state index contributed by atoms with van der Waals surface area (Å²) in [5, 5.41) is 5.65. The zero-order valence-corrected chi connectivity index (χ0v) is 13.9. The summed E-state index contributed by atoms with van der Waals surface area (Å²) in [5.41, 5.74) is 1.33. The van der Waals surface area contributed by atoms with E-state index in [4.69, 9.17) is 0 Å². The quantitative estimate of drug-likeness (QED) is 0.727. The van der Waals surface area contributed by atoms with E-state index in [0.717, 1.165) is 5.56 Å². The van der Waals surface area contributed by atoms with E-state index in [0.29, 0.717) is 5.69 Å². The molecule has 2 N–H and O–H groups in total. The molecule has 0 saturated heterocycles. The molecule has 140 valence electrons. The lowest BCUT2D eigenvalue weighted by Gasteiger charge is -2.16. The number of carbonyl (C=O) groups excluding carboxylic acids is 1. The second kappa shape index (κ2) is 8.55. The number of halogens is 4. The molecule has 0 fully saturated rings. The van der Waals surface area contributed by atoms with Gasteiger partial charge in [0.2, 0.25) is 5.91 Å². The molecule has 0 aromatic heterocycles. The molecular weight excluding hydrogens is 352 g/mol. The number of carbonyl (C=O) groups is 1. The van der Waals surface area contributed by atoms with Crippen LogP contribution in [-0.4, -0.2) is 24.7 Å². The van der Waals surface area contributed by atoms with Crippen molar-refractivity contribution < 1.29 is 27.1 Å². The summed E-state index contributed by atoms with van der Waals surface area (Å²) in [7, 11) is 0. The number of amides is 1. The molecule has 1 atom stereocenters. The van der Waals surface area contributed by atoms with Crippen LogP contribution >= 0.6 is 0 Å². The van der Waals surface area contributed by atoms with Gasteiger partial charge in [-0.3, -0.25) is 4.79 Å². The van der Waals surface area contributed by atoms with E-state index in [1.807, 2.05) is 0 Å². The molecule has 0 bridgehead atoms. The average Bonchev–Trinajstić information content (AvgIpc) is 2.59. The van der Waals surface area contributed by atoms with E-state index in [2.05, 4.69) is 15.4 Å². The first kappa shape index (κ1) is 19.6. The minimum atomic E-state index is -4.39. The minimum absolute atomic E-state index is 0.0845. The summed E-state index contributed by atoms with van der Waals surface area (Å²) >= 11 is 0. The molecule has 0 saturated carbocycles. The zero-order chi connectivity index (χ0) is 19.2. The number of benzene rings is 2. The summed E-state index contributed by atoms with van der Waals surface area (Å²) in [4.78, 5) is 12.1. The van der Waals surface area contributed by atoms with Crippen LogP contribution in [0.3, 0.4) is 0 Å². The van der Waals surface area contributed by atoms with Crippen molar-refractivity contribution in [3.63, 3.8) is 0 Å². The second-order valence-electron chi connectivity index (χ2n) is 5.64. The lowest BCUT2D eigenvalue weighted by Crippen LogP contribution is -2.37. The van der Waals surface area contributed by atoms with Crippen molar-refractivity contribution in [3.05, 3.63) is 59.9 Å². The SMILES string of the molecule is CC(Nc1ccc(OCC(F)(F)F)cc1)C(=O)NCc1ccc(F)cc1. The van der Waals surface area contributed by atoms with Gasteiger partial charge in [0.25, 0.3) is 0 Å². The molecule has 26 heavy (non-hydrogen) atoms. The maximum atomic E-state index is 12.8. The third kappa shape index (κ3) is 6.62. The molecule has 4 nitrogen and oxygen atoms in total. The number of rotatable bonds is 7. The molecular formula is C18H18F4N2O2. The van der Waals surface area contributed by atoms with Crippen molar-refractivity contribution in [2.24, 2.45) is 0 Å². The van der Waals surface area contributed by atoms with Crippen molar-refractivity contribution in [2.45, 2.75) is 25.7 Å². The van der Waals surface area contributed by atoms with Crippen LogP contribution in [0, 0.1) is 5.82 Å². The van der Waals surface area contributed by atoms with Gasteiger partial charge in [0, 0.05) is 12.2 Å². The predicted molar refractivity (Wildman–Crippen MR) is 89.3 cm³/mol. The van der Waals surface area contributed by atoms with E-state index in [1.54, 1.807) is 19.1 Å². The van der Waals surface area contributed by atoms with Crippen LogP contribution in [0.1, 0.15) is 12.5 Å². The standard InChI is InChI=1S/C18H18F4N2O2/c1-12(17(25)23-10-13-2-4-14(19)5-3-13)24-15-6-8-16(9-7-15)26-11-18(20,21)22/h2-9,12,24H,10-11H2,1H3,(H,23,25). The van der Waals surface area contributed by atoms with Gasteiger partial charge in [-0.05, 0) is 48.9 Å². The summed E-state index contributed by atoms with van der Waals surface area (Å²) in [6, 6.07) is 11.0. The molecule has 1 unspecified atom stereocenters. The highest BCUT2D eigenvalue weighted by atomic mass is 19.4. The Kier molecular flexibility index (Phi) is 6.43. The molecule has 0 radical (unpaired) electrons. The second-order valence-corrected chi connectivity index (χ2v) is 5.64. The van der Waals surface area contributed by atoms with Crippen molar-refractivity contribution in [2.75, 3.05) is 11.9 Å². The predicted octanol–water partition coefficient (Wildman–Crippen LogP) is 3.88. The third-order valence-corrected chi connectivity index (χ3v) is 3.41. The number of nitrogens with one attached hydrogen (secondary N) is 2. The highest BCUT2D eigenvalue weighted by Crippen LogP contribution is 2.20. The molecule has 0 aliphatic heterocycles. The molecule has 0 heterocycles. The molecule has 0 aliphatic carbocycles. The molecule has 0 aliphatic rings. The average molecular weight is 370 g/mol. The van der Waals surface area contributed by atoms with Crippen LogP contribution < -0.4 is 15.4 Å². The van der Waals surface area contributed by atoms with E-state index in [9.17, 15) is 22.4 Å². The fourth-order valence-corrected chi connectivity index (χ4v) is 2.07. The van der Waals surface area contributed by atoms with Crippen LogP contribution in [-0.2, 0) is 11.3 Å². The van der Waals surface area contributed by atoms with Gasteiger partial charge in [0.15, 0.2) is 6.61 Å². The molecule has 0 spiro atoms. The Hall–Kier alpha value is -2.77. The normalized spacial score (nSPS) is 12.3. The van der Waals surface area contributed by atoms with Crippen molar-refractivity contribution in [1.82, 2.24) is 5.32 Å². The Balaban J connectivity index is 1.81. The van der Waals surface area contributed by atoms with Crippen LogP contribution in [0.25, 0.3) is 0 Å². The van der Waals surface area contributed by atoms with Crippen LogP contribution in [0.4, 0.5) is 23.2 Å². The molecule has 8 heteroatoms. The van der Waals surface area contributed by atoms with Gasteiger partial charge in [-0.2, -0.15) is 13.2 Å². The van der Waals surface area contributed by atoms with Crippen LogP contribution in [0.15, 0.2) is 48.5 Å². The Bertz CT molecular complexity index is 715. The van der Waals surface area contributed by atoms with Crippen molar-refractivity contribution in [1.29, 1.82) is 0 Å². The Morgan fingerprint density at radius 1 is 1.08 bits per heavy atom. The van der Waals surface area contributed by atoms with Gasteiger partial charge < -0.3 is 15.4 Å². The monoisotopic (exact) mass is 370 g/mol. The fourth-order valence-electron chi connectivity index (χ4n) is 2.07. The molecule has 2 rings (SSSR count). The van der Waals surface area contributed by atoms with Crippen LogP contribution in [0.2, 0.25) is 0 Å². The maximum Gasteiger partial charge on any atom is 0.422 e. The minimum Gasteiger partial charge on any atom is -0.484 e. The summed E-state index contributed by atoms with van der Waals surface area (Å²) in [5.74, 6) is -0.536.